The highest BCUT2D eigenvalue weighted by Crippen LogP contribution is 2.24. The highest BCUT2D eigenvalue weighted by atomic mass is 16.5. The number of nitrogens with zero attached hydrogens (tertiary/aromatic N) is 1. The number of carbonyl (C=O) groups excluding carboxylic acids is 1. The molecule has 1 atom stereocenters. The summed E-state index contributed by atoms with van der Waals surface area (Å²) < 4.78 is 5.24. The van der Waals surface area contributed by atoms with Crippen LogP contribution in [-0.2, 0) is 11.2 Å². The molecule has 1 saturated heterocycles. The number of likely N-dealkylation sites (tertiary alicyclic amines) is 1. The summed E-state index contributed by atoms with van der Waals surface area (Å²) in [5, 5.41) is 9.15. The van der Waals surface area contributed by atoms with Gasteiger partial charge in [0.2, 0.25) is 0 Å². The summed E-state index contributed by atoms with van der Waals surface area (Å²) in [4.78, 5) is 25.1. The Balaban J connectivity index is 2.27. The minimum Gasteiger partial charge on any atom is -0.496 e. The molecule has 0 saturated carbocycles. The van der Waals surface area contributed by atoms with Crippen molar-refractivity contribution in [1.29, 1.82) is 0 Å². The zero-order valence-electron chi connectivity index (χ0n) is 11.8. The SMILES string of the molecule is CCc1cc(C(=O)N2CCCC2C(=O)O)ccc1OC. The van der Waals surface area contributed by atoms with E-state index < -0.39 is 12.0 Å². The lowest BCUT2D eigenvalue weighted by molar-refractivity contribution is -0.141. The number of rotatable bonds is 4. The van der Waals surface area contributed by atoms with Crippen LogP contribution < -0.4 is 4.74 Å². The first-order valence-electron chi connectivity index (χ1n) is 6.79. The van der Waals surface area contributed by atoms with Crippen molar-refractivity contribution >= 4 is 11.9 Å². The molecule has 0 spiro atoms. The van der Waals surface area contributed by atoms with E-state index in [1.807, 2.05) is 6.92 Å². The standard InChI is InChI=1S/C15H19NO4/c1-3-10-9-11(6-7-13(10)20-2)14(17)16-8-4-5-12(16)15(18)19/h6-7,9,12H,3-5,8H2,1-2H3,(H,18,19). The molecule has 1 aliphatic heterocycles. The van der Waals surface area contributed by atoms with E-state index in [2.05, 4.69) is 0 Å². The first-order chi connectivity index (χ1) is 9.58. The molecule has 1 heterocycles. The second-order valence-electron chi connectivity index (χ2n) is 4.87. The van der Waals surface area contributed by atoms with E-state index in [9.17, 15) is 9.59 Å². The minimum absolute atomic E-state index is 0.216. The van der Waals surface area contributed by atoms with Crippen LogP contribution in [0.15, 0.2) is 18.2 Å². The van der Waals surface area contributed by atoms with Gasteiger partial charge in [0.05, 0.1) is 7.11 Å². The molecule has 1 amide bonds. The van der Waals surface area contributed by atoms with E-state index in [0.29, 0.717) is 18.5 Å². The molecule has 0 aromatic heterocycles. The van der Waals surface area contributed by atoms with Crippen LogP contribution >= 0.6 is 0 Å². The van der Waals surface area contributed by atoms with Gasteiger partial charge in [-0.15, -0.1) is 0 Å². The van der Waals surface area contributed by atoms with Crippen molar-refractivity contribution in [2.45, 2.75) is 32.2 Å². The van der Waals surface area contributed by atoms with Crippen LogP contribution in [0.25, 0.3) is 0 Å². The van der Waals surface area contributed by atoms with Gasteiger partial charge in [-0.2, -0.15) is 0 Å². The summed E-state index contributed by atoms with van der Waals surface area (Å²) in [5.74, 6) is -0.396. The fraction of sp³-hybridized carbons (Fsp3) is 0.467. The predicted octanol–water partition coefficient (Wildman–Crippen LogP) is 1.95. The van der Waals surface area contributed by atoms with Crippen molar-refractivity contribution < 1.29 is 19.4 Å². The fourth-order valence-electron chi connectivity index (χ4n) is 2.62. The topological polar surface area (TPSA) is 66.8 Å². The zero-order valence-corrected chi connectivity index (χ0v) is 11.8. The summed E-state index contributed by atoms with van der Waals surface area (Å²) in [6.07, 6.45) is 2.02. The molecule has 20 heavy (non-hydrogen) atoms. The summed E-state index contributed by atoms with van der Waals surface area (Å²) in [7, 11) is 1.59. The third-order valence-corrected chi connectivity index (χ3v) is 3.71. The number of methoxy groups -OCH3 is 1. The first-order valence-corrected chi connectivity index (χ1v) is 6.79. The quantitative estimate of drug-likeness (QED) is 0.913. The Morgan fingerprint density at radius 1 is 1.45 bits per heavy atom. The van der Waals surface area contributed by atoms with Gasteiger partial charge in [-0.1, -0.05) is 6.92 Å². The van der Waals surface area contributed by atoms with E-state index in [1.54, 1.807) is 25.3 Å². The average Bonchev–Trinajstić information content (AvgIpc) is 2.95. The third kappa shape index (κ3) is 2.61. The molecule has 108 valence electrons. The van der Waals surface area contributed by atoms with Crippen LogP contribution in [0.4, 0.5) is 0 Å². The maximum absolute atomic E-state index is 12.5. The molecule has 1 aliphatic rings. The normalized spacial score (nSPS) is 18.1. The van der Waals surface area contributed by atoms with Crippen LogP contribution in [0.2, 0.25) is 0 Å². The van der Waals surface area contributed by atoms with Crippen LogP contribution in [0.5, 0.6) is 5.75 Å². The van der Waals surface area contributed by atoms with Crippen molar-refractivity contribution in [3.05, 3.63) is 29.3 Å². The summed E-state index contributed by atoms with van der Waals surface area (Å²) >= 11 is 0. The predicted molar refractivity (Wildman–Crippen MR) is 74.1 cm³/mol. The number of hydrogen-bond donors (Lipinski definition) is 1. The van der Waals surface area contributed by atoms with Gasteiger partial charge in [-0.25, -0.2) is 4.79 Å². The second-order valence-corrected chi connectivity index (χ2v) is 4.87. The summed E-state index contributed by atoms with van der Waals surface area (Å²) in [6.45, 7) is 2.49. The highest BCUT2D eigenvalue weighted by Gasteiger charge is 2.34. The number of amides is 1. The maximum atomic E-state index is 12.5. The molecule has 5 nitrogen and oxygen atoms in total. The van der Waals surface area contributed by atoms with Crippen LogP contribution in [0.1, 0.15) is 35.7 Å². The van der Waals surface area contributed by atoms with E-state index >= 15 is 0 Å². The molecule has 1 N–H and O–H groups in total. The monoisotopic (exact) mass is 277 g/mol. The van der Waals surface area contributed by atoms with E-state index in [1.165, 1.54) is 4.90 Å². The van der Waals surface area contributed by atoms with Crippen molar-refractivity contribution in [2.75, 3.05) is 13.7 Å². The van der Waals surface area contributed by atoms with E-state index in [-0.39, 0.29) is 5.91 Å². The smallest absolute Gasteiger partial charge is 0.326 e. The van der Waals surface area contributed by atoms with Crippen LogP contribution in [-0.4, -0.2) is 41.6 Å². The Kier molecular flexibility index (Phi) is 4.27. The number of aliphatic carboxylic acids is 1. The highest BCUT2D eigenvalue weighted by molar-refractivity contribution is 5.97. The molecule has 2 rings (SSSR count). The van der Waals surface area contributed by atoms with Gasteiger partial charge < -0.3 is 14.7 Å². The molecule has 0 bridgehead atoms. The third-order valence-electron chi connectivity index (χ3n) is 3.71. The number of aryl methyl sites for hydroxylation is 1. The molecular formula is C15H19NO4. The fourth-order valence-corrected chi connectivity index (χ4v) is 2.62. The van der Waals surface area contributed by atoms with Gasteiger partial charge in [0.25, 0.3) is 5.91 Å². The Hall–Kier alpha value is -2.04. The molecule has 1 aromatic carbocycles. The number of hydrogen-bond acceptors (Lipinski definition) is 3. The molecular weight excluding hydrogens is 258 g/mol. The number of ether oxygens (including phenoxy) is 1. The Morgan fingerprint density at radius 3 is 2.80 bits per heavy atom. The summed E-state index contributed by atoms with van der Waals surface area (Å²) in [5.41, 5.74) is 1.47. The van der Waals surface area contributed by atoms with Crippen LogP contribution in [0.3, 0.4) is 0 Å². The van der Waals surface area contributed by atoms with Gasteiger partial charge >= 0.3 is 5.97 Å². The van der Waals surface area contributed by atoms with Crippen molar-refractivity contribution in [1.82, 2.24) is 4.90 Å². The van der Waals surface area contributed by atoms with Gasteiger partial charge in [-0.05, 0) is 43.0 Å². The Morgan fingerprint density at radius 2 is 2.20 bits per heavy atom. The maximum Gasteiger partial charge on any atom is 0.326 e. The summed E-state index contributed by atoms with van der Waals surface area (Å²) in [6, 6.07) is 4.54. The largest absolute Gasteiger partial charge is 0.496 e. The average molecular weight is 277 g/mol. The van der Waals surface area contributed by atoms with E-state index in [4.69, 9.17) is 9.84 Å². The molecule has 0 radical (unpaired) electrons. The van der Waals surface area contributed by atoms with Crippen molar-refractivity contribution in [2.24, 2.45) is 0 Å². The molecule has 1 fully saturated rings. The lowest BCUT2D eigenvalue weighted by Crippen LogP contribution is -2.40. The lowest BCUT2D eigenvalue weighted by atomic mass is 10.1. The van der Waals surface area contributed by atoms with Gasteiger partial charge in [0, 0.05) is 12.1 Å². The van der Waals surface area contributed by atoms with Crippen LogP contribution in [0, 0.1) is 0 Å². The molecule has 5 heteroatoms. The Labute approximate surface area is 118 Å². The molecule has 0 aliphatic carbocycles. The number of benzene rings is 1. The zero-order chi connectivity index (χ0) is 14.7. The Bertz CT molecular complexity index is 527. The number of carboxylic acid groups (broad SMARTS) is 1. The molecule has 1 unspecified atom stereocenters. The van der Waals surface area contributed by atoms with Gasteiger partial charge in [-0.3, -0.25) is 4.79 Å². The van der Waals surface area contributed by atoms with Crippen molar-refractivity contribution in [3.8, 4) is 5.75 Å². The first kappa shape index (κ1) is 14.4. The second kappa shape index (κ2) is 5.94. The van der Waals surface area contributed by atoms with Gasteiger partial charge in [0.15, 0.2) is 0 Å². The molecule has 1 aromatic rings. The van der Waals surface area contributed by atoms with Gasteiger partial charge in [0.1, 0.15) is 11.8 Å². The minimum atomic E-state index is -0.930. The van der Waals surface area contributed by atoms with Crippen molar-refractivity contribution in [3.63, 3.8) is 0 Å². The lowest BCUT2D eigenvalue weighted by Gasteiger charge is -2.22. The number of carboxylic acids is 1. The number of carbonyl (C=O) groups is 2. The van der Waals surface area contributed by atoms with E-state index in [0.717, 1.165) is 24.2 Å².